The third-order valence-corrected chi connectivity index (χ3v) is 3.83. The normalized spacial score (nSPS) is 10.6. The highest BCUT2D eigenvalue weighted by Crippen LogP contribution is 2.31. The number of benzene rings is 1. The fourth-order valence-electron chi connectivity index (χ4n) is 1.78. The summed E-state index contributed by atoms with van der Waals surface area (Å²) < 4.78 is 0. The molecule has 0 fully saturated rings. The van der Waals surface area contributed by atoms with Gasteiger partial charge in [-0.2, -0.15) is 0 Å². The maximum absolute atomic E-state index is 4.65. The number of anilines is 1. The molecule has 1 aromatic heterocycles. The predicted molar refractivity (Wildman–Crippen MR) is 75.9 cm³/mol. The van der Waals surface area contributed by atoms with Crippen molar-refractivity contribution in [2.45, 2.75) is 27.7 Å². The summed E-state index contributed by atoms with van der Waals surface area (Å²) in [5, 5.41) is 4.28. The second-order valence-corrected chi connectivity index (χ2v) is 5.46. The first-order valence-corrected chi connectivity index (χ1v) is 6.72. The van der Waals surface area contributed by atoms with Crippen LogP contribution >= 0.6 is 11.3 Å². The maximum atomic E-state index is 4.65. The molecule has 2 nitrogen and oxygen atoms in total. The highest BCUT2D eigenvalue weighted by atomic mass is 32.1. The van der Waals surface area contributed by atoms with Crippen LogP contribution in [0, 0.1) is 20.8 Å². The number of nitrogens with one attached hydrogen (secondary N) is 1. The van der Waals surface area contributed by atoms with Gasteiger partial charge in [0.25, 0.3) is 0 Å². The van der Waals surface area contributed by atoms with Crippen molar-refractivity contribution in [3.05, 3.63) is 34.2 Å². The quantitative estimate of drug-likeness (QED) is 0.879. The molecule has 0 aliphatic heterocycles. The van der Waals surface area contributed by atoms with Gasteiger partial charge in [0.2, 0.25) is 0 Å². The molecule has 0 saturated heterocycles. The van der Waals surface area contributed by atoms with E-state index in [4.69, 9.17) is 0 Å². The number of aryl methyl sites for hydroxylation is 3. The van der Waals surface area contributed by atoms with Gasteiger partial charge in [-0.05, 0) is 44.9 Å². The molecule has 2 rings (SSSR count). The molecule has 0 aliphatic carbocycles. The van der Waals surface area contributed by atoms with Crippen LogP contribution in [0.25, 0.3) is 11.3 Å². The van der Waals surface area contributed by atoms with Crippen LogP contribution in [-0.2, 0) is 0 Å². The molecule has 1 heterocycles. The number of hydrogen-bond acceptors (Lipinski definition) is 3. The first kappa shape index (κ1) is 12.1. The zero-order valence-electron chi connectivity index (χ0n) is 10.8. The van der Waals surface area contributed by atoms with Gasteiger partial charge in [0.1, 0.15) is 0 Å². The van der Waals surface area contributed by atoms with Crippen molar-refractivity contribution in [2.75, 3.05) is 11.9 Å². The summed E-state index contributed by atoms with van der Waals surface area (Å²) in [6.45, 7) is 9.41. The predicted octanol–water partition coefficient (Wildman–Crippen LogP) is 4.17. The second kappa shape index (κ2) is 4.88. The first-order valence-electron chi connectivity index (χ1n) is 5.90. The van der Waals surface area contributed by atoms with E-state index in [1.165, 1.54) is 21.6 Å². The molecule has 0 saturated carbocycles. The van der Waals surface area contributed by atoms with E-state index in [1.54, 1.807) is 11.3 Å². The van der Waals surface area contributed by atoms with Crippen molar-refractivity contribution in [1.82, 2.24) is 4.98 Å². The summed E-state index contributed by atoms with van der Waals surface area (Å²) >= 11 is 1.72. The Hall–Kier alpha value is -1.35. The van der Waals surface area contributed by atoms with E-state index in [0.29, 0.717) is 0 Å². The van der Waals surface area contributed by atoms with Gasteiger partial charge < -0.3 is 5.32 Å². The average Bonchev–Trinajstić information content (AvgIpc) is 2.64. The molecule has 0 aliphatic rings. The number of aromatic nitrogens is 1. The van der Waals surface area contributed by atoms with E-state index >= 15 is 0 Å². The van der Waals surface area contributed by atoms with Crippen LogP contribution in [0.1, 0.15) is 22.9 Å². The fraction of sp³-hybridized carbons (Fsp3) is 0.357. The lowest BCUT2D eigenvalue weighted by molar-refractivity contribution is 1.19. The summed E-state index contributed by atoms with van der Waals surface area (Å²) in [5.74, 6) is 0. The topological polar surface area (TPSA) is 24.9 Å². The Balaban J connectivity index is 2.41. The summed E-state index contributed by atoms with van der Waals surface area (Å²) in [4.78, 5) is 5.92. The molecule has 0 unspecified atom stereocenters. The minimum Gasteiger partial charge on any atom is -0.362 e. The molecule has 1 N–H and O–H groups in total. The maximum Gasteiger partial charge on any atom is 0.183 e. The third-order valence-electron chi connectivity index (χ3n) is 2.90. The highest BCUT2D eigenvalue weighted by Gasteiger charge is 2.09. The Morgan fingerprint density at radius 2 is 1.94 bits per heavy atom. The van der Waals surface area contributed by atoms with Crippen LogP contribution < -0.4 is 5.32 Å². The van der Waals surface area contributed by atoms with Crippen molar-refractivity contribution in [3.63, 3.8) is 0 Å². The minimum atomic E-state index is 0.916. The van der Waals surface area contributed by atoms with E-state index < -0.39 is 0 Å². The molecular weight excluding hydrogens is 228 g/mol. The Kier molecular flexibility index (Phi) is 3.48. The van der Waals surface area contributed by atoms with E-state index in [9.17, 15) is 0 Å². The summed E-state index contributed by atoms with van der Waals surface area (Å²) in [5.41, 5.74) is 4.97. The molecule has 17 heavy (non-hydrogen) atoms. The zero-order chi connectivity index (χ0) is 12.4. The van der Waals surface area contributed by atoms with Gasteiger partial charge in [-0.15, -0.1) is 11.3 Å². The standard InChI is InChI=1S/C14H18N2S/c1-5-15-14-16-13(11(4)17-14)12-7-6-9(2)10(3)8-12/h6-8H,5H2,1-4H3,(H,15,16). The Morgan fingerprint density at radius 3 is 2.59 bits per heavy atom. The van der Waals surface area contributed by atoms with Gasteiger partial charge in [-0.1, -0.05) is 12.1 Å². The van der Waals surface area contributed by atoms with E-state index in [-0.39, 0.29) is 0 Å². The Morgan fingerprint density at radius 1 is 1.18 bits per heavy atom. The smallest absolute Gasteiger partial charge is 0.183 e. The highest BCUT2D eigenvalue weighted by molar-refractivity contribution is 7.16. The average molecular weight is 246 g/mol. The van der Waals surface area contributed by atoms with Crippen LogP contribution in [0.3, 0.4) is 0 Å². The van der Waals surface area contributed by atoms with Crippen LogP contribution in [0.5, 0.6) is 0 Å². The van der Waals surface area contributed by atoms with Crippen molar-refractivity contribution in [1.29, 1.82) is 0 Å². The van der Waals surface area contributed by atoms with Crippen LogP contribution in [0.4, 0.5) is 5.13 Å². The summed E-state index contributed by atoms with van der Waals surface area (Å²) in [6, 6.07) is 6.53. The second-order valence-electron chi connectivity index (χ2n) is 4.25. The first-order chi connectivity index (χ1) is 8.11. The van der Waals surface area contributed by atoms with Crippen molar-refractivity contribution < 1.29 is 0 Å². The molecule has 90 valence electrons. The molecule has 0 amide bonds. The molecule has 3 heteroatoms. The fourth-order valence-corrected chi connectivity index (χ4v) is 2.68. The van der Waals surface area contributed by atoms with E-state index in [0.717, 1.165) is 17.4 Å². The molecule has 2 aromatic rings. The monoisotopic (exact) mass is 246 g/mol. The molecule has 0 radical (unpaired) electrons. The SMILES string of the molecule is CCNc1nc(-c2ccc(C)c(C)c2)c(C)s1. The van der Waals surface area contributed by atoms with Crippen molar-refractivity contribution >= 4 is 16.5 Å². The van der Waals surface area contributed by atoms with Gasteiger partial charge >= 0.3 is 0 Å². The molecule has 1 aromatic carbocycles. The van der Waals surface area contributed by atoms with Crippen molar-refractivity contribution in [3.8, 4) is 11.3 Å². The summed E-state index contributed by atoms with van der Waals surface area (Å²) in [7, 11) is 0. The number of rotatable bonds is 3. The van der Waals surface area contributed by atoms with E-state index in [1.807, 2.05) is 0 Å². The molecular formula is C14H18N2S. The van der Waals surface area contributed by atoms with Gasteiger partial charge in [-0.25, -0.2) is 4.98 Å². The number of hydrogen-bond donors (Lipinski definition) is 1. The van der Waals surface area contributed by atoms with Gasteiger partial charge in [0, 0.05) is 17.0 Å². The lowest BCUT2D eigenvalue weighted by Gasteiger charge is -2.03. The van der Waals surface area contributed by atoms with Gasteiger partial charge in [-0.3, -0.25) is 0 Å². The van der Waals surface area contributed by atoms with Gasteiger partial charge in [0.05, 0.1) is 5.69 Å². The molecule has 0 bridgehead atoms. The zero-order valence-corrected chi connectivity index (χ0v) is 11.6. The van der Waals surface area contributed by atoms with Crippen LogP contribution in [-0.4, -0.2) is 11.5 Å². The minimum absolute atomic E-state index is 0.916. The van der Waals surface area contributed by atoms with Crippen LogP contribution in [0.2, 0.25) is 0 Å². The van der Waals surface area contributed by atoms with Gasteiger partial charge in [0.15, 0.2) is 5.13 Å². The van der Waals surface area contributed by atoms with Crippen molar-refractivity contribution in [2.24, 2.45) is 0 Å². The largest absolute Gasteiger partial charge is 0.362 e. The lowest BCUT2D eigenvalue weighted by atomic mass is 10.0. The Bertz CT molecular complexity index is 529. The van der Waals surface area contributed by atoms with E-state index in [2.05, 4.69) is 56.2 Å². The molecule has 0 atom stereocenters. The Labute approximate surface area is 107 Å². The number of nitrogens with zero attached hydrogens (tertiary/aromatic N) is 1. The summed E-state index contributed by atoms with van der Waals surface area (Å²) in [6.07, 6.45) is 0. The van der Waals surface area contributed by atoms with Crippen LogP contribution in [0.15, 0.2) is 18.2 Å². The lowest BCUT2D eigenvalue weighted by Crippen LogP contribution is -1.95. The molecule has 0 spiro atoms. The number of thiazole rings is 1. The third kappa shape index (κ3) is 2.50.